The lowest BCUT2D eigenvalue weighted by molar-refractivity contribution is -0.274. The number of fused-ring (bicyclic) bond motifs is 2. The van der Waals surface area contributed by atoms with Gasteiger partial charge in [0.05, 0.1) is 6.54 Å². The van der Waals surface area contributed by atoms with Crippen molar-refractivity contribution in [3.8, 4) is 5.75 Å². The van der Waals surface area contributed by atoms with Gasteiger partial charge in [0.15, 0.2) is 5.82 Å². The number of rotatable bonds is 3. The molecule has 0 saturated carbocycles. The van der Waals surface area contributed by atoms with Crippen molar-refractivity contribution in [3.63, 3.8) is 0 Å². The molecule has 12 heteroatoms. The van der Waals surface area contributed by atoms with Crippen LogP contribution in [0.1, 0.15) is 41.4 Å². The van der Waals surface area contributed by atoms with Crippen LogP contribution >= 0.6 is 0 Å². The molecule has 2 N–H and O–H groups in total. The number of carbonyl (C=O) groups excluding carboxylic acids is 2. The average molecular weight is 493 g/mol. The van der Waals surface area contributed by atoms with Crippen molar-refractivity contribution in [2.24, 2.45) is 0 Å². The van der Waals surface area contributed by atoms with Gasteiger partial charge in [0, 0.05) is 55.0 Å². The first-order chi connectivity index (χ1) is 16.7. The molecule has 0 bridgehead atoms. The van der Waals surface area contributed by atoms with Gasteiger partial charge in [-0.05, 0) is 44.5 Å². The van der Waals surface area contributed by atoms with Gasteiger partial charge >= 0.3 is 12.4 Å². The summed E-state index contributed by atoms with van der Waals surface area (Å²) in [5.41, 5.74) is 1.52. The summed E-state index contributed by atoms with van der Waals surface area (Å²) in [5.74, 6) is -0.845. The zero-order valence-corrected chi connectivity index (χ0v) is 19.3. The fourth-order valence-electron chi connectivity index (χ4n) is 5.21. The highest BCUT2D eigenvalue weighted by atomic mass is 19.4. The quantitative estimate of drug-likeness (QED) is 0.687. The number of ether oxygens (including phenoxy) is 1. The molecule has 2 fully saturated rings. The molecule has 2 atom stereocenters. The fourth-order valence-corrected chi connectivity index (χ4v) is 5.21. The van der Waals surface area contributed by atoms with Gasteiger partial charge in [0.25, 0.3) is 5.91 Å². The lowest BCUT2D eigenvalue weighted by Gasteiger charge is -2.44. The number of hydrogen-bond acceptors (Lipinski definition) is 5. The van der Waals surface area contributed by atoms with E-state index in [1.807, 2.05) is 4.90 Å². The molecule has 2 aromatic rings. The molecule has 1 aromatic heterocycles. The molecule has 188 valence electrons. The van der Waals surface area contributed by atoms with Crippen molar-refractivity contribution in [1.82, 2.24) is 24.9 Å². The summed E-state index contributed by atoms with van der Waals surface area (Å²) in [5, 5.41) is 9.75. The van der Waals surface area contributed by atoms with Crippen molar-refractivity contribution in [2.75, 3.05) is 31.5 Å². The van der Waals surface area contributed by atoms with Gasteiger partial charge in [-0.15, -0.1) is 13.2 Å². The van der Waals surface area contributed by atoms with Crippen LogP contribution in [0.5, 0.6) is 5.75 Å². The molecule has 35 heavy (non-hydrogen) atoms. The Balaban J connectivity index is 1.27. The van der Waals surface area contributed by atoms with E-state index in [1.165, 1.54) is 12.1 Å². The number of alkyl halides is 3. The van der Waals surface area contributed by atoms with Crippen molar-refractivity contribution in [1.29, 1.82) is 0 Å². The summed E-state index contributed by atoms with van der Waals surface area (Å²) in [6.45, 7) is 5.58. The largest absolute Gasteiger partial charge is 0.573 e. The first-order valence-electron chi connectivity index (χ1n) is 11.7. The second-order valence-corrected chi connectivity index (χ2v) is 9.31. The Morgan fingerprint density at radius 2 is 2.06 bits per heavy atom. The van der Waals surface area contributed by atoms with Crippen LogP contribution in [0, 0.1) is 0 Å². The van der Waals surface area contributed by atoms with Crippen LogP contribution in [-0.2, 0) is 13.0 Å². The van der Waals surface area contributed by atoms with Gasteiger partial charge in [-0.1, -0.05) is 6.07 Å². The van der Waals surface area contributed by atoms with E-state index in [4.69, 9.17) is 0 Å². The maximum atomic E-state index is 13.4. The molecular weight excluding hydrogens is 465 g/mol. The van der Waals surface area contributed by atoms with E-state index in [1.54, 1.807) is 4.90 Å². The van der Waals surface area contributed by atoms with Gasteiger partial charge in [-0.25, -0.2) is 4.79 Å². The minimum Gasteiger partial charge on any atom is -0.406 e. The Morgan fingerprint density at radius 3 is 2.86 bits per heavy atom. The highest BCUT2D eigenvalue weighted by Gasteiger charge is 2.39. The molecule has 5 rings (SSSR count). The lowest BCUT2D eigenvalue weighted by Crippen LogP contribution is -2.59. The average Bonchev–Trinajstić information content (AvgIpc) is 3.43. The highest BCUT2D eigenvalue weighted by Crippen LogP contribution is 2.29. The summed E-state index contributed by atoms with van der Waals surface area (Å²) >= 11 is 0. The van der Waals surface area contributed by atoms with Gasteiger partial charge in [0.2, 0.25) is 0 Å². The summed E-state index contributed by atoms with van der Waals surface area (Å²) < 4.78 is 41.4. The summed E-state index contributed by atoms with van der Waals surface area (Å²) in [6, 6.07) is 5.34. The van der Waals surface area contributed by atoms with Crippen LogP contribution in [0.25, 0.3) is 0 Å². The number of aromatic amines is 1. The van der Waals surface area contributed by atoms with Crippen molar-refractivity contribution >= 4 is 17.8 Å². The summed E-state index contributed by atoms with van der Waals surface area (Å²) in [7, 11) is 0. The molecule has 0 radical (unpaired) electrons. The van der Waals surface area contributed by atoms with Crippen LogP contribution in [0.15, 0.2) is 24.3 Å². The van der Waals surface area contributed by atoms with Crippen molar-refractivity contribution < 1.29 is 27.5 Å². The third-order valence-electron chi connectivity index (χ3n) is 6.95. The summed E-state index contributed by atoms with van der Waals surface area (Å²) in [4.78, 5) is 32.3. The molecule has 0 aliphatic carbocycles. The van der Waals surface area contributed by atoms with Gasteiger partial charge in [-0.2, -0.15) is 5.10 Å². The molecule has 0 unspecified atom stereocenters. The third-order valence-corrected chi connectivity index (χ3v) is 6.95. The predicted molar refractivity (Wildman–Crippen MR) is 120 cm³/mol. The Morgan fingerprint density at radius 1 is 1.23 bits per heavy atom. The number of nitrogens with zero attached hydrogens (tertiary/aromatic N) is 4. The topological polar surface area (TPSA) is 93.8 Å². The number of carbonyl (C=O) groups is 2. The Kier molecular flexibility index (Phi) is 6.07. The number of hydrogen-bond donors (Lipinski definition) is 2. The summed E-state index contributed by atoms with van der Waals surface area (Å²) in [6.07, 6.45) is -2.02. The van der Waals surface area contributed by atoms with Crippen molar-refractivity contribution in [3.05, 3.63) is 41.1 Å². The zero-order valence-electron chi connectivity index (χ0n) is 19.3. The van der Waals surface area contributed by atoms with E-state index in [2.05, 4.69) is 32.1 Å². The Hall–Kier alpha value is -3.28. The second kappa shape index (κ2) is 9.06. The predicted octanol–water partition coefficient (Wildman–Crippen LogP) is 3.21. The maximum absolute atomic E-state index is 13.4. The minimum atomic E-state index is -4.85. The van der Waals surface area contributed by atoms with E-state index in [0.717, 1.165) is 43.8 Å². The number of amides is 3. The Labute approximate surface area is 200 Å². The molecule has 9 nitrogen and oxygen atoms in total. The monoisotopic (exact) mass is 492 g/mol. The van der Waals surface area contributed by atoms with Crippen LogP contribution in [0.4, 0.5) is 23.8 Å². The van der Waals surface area contributed by atoms with E-state index >= 15 is 0 Å². The zero-order chi connectivity index (χ0) is 24.7. The van der Waals surface area contributed by atoms with E-state index in [0.29, 0.717) is 31.1 Å². The van der Waals surface area contributed by atoms with Crippen LogP contribution in [0.2, 0.25) is 0 Å². The molecule has 0 spiro atoms. The third kappa shape index (κ3) is 4.93. The molecule has 2 saturated heterocycles. The first kappa shape index (κ1) is 23.5. The Bertz CT molecular complexity index is 1120. The standard InChI is InChI=1S/C23H27F3N6O3/c1-14-11-30-8-3-5-16(30)12-32(14)22(34)31-9-7-19-18(13-31)20(29-28-19)27-21(33)15-4-2-6-17(10-15)35-23(24,25)26/h2,4,6,10,14,16H,3,5,7-9,11-13H2,1H3,(H2,27,28,29,33)/t14-,16-/m0/s1. The molecule has 3 amide bonds. The number of benzene rings is 1. The molecule has 3 aliphatic heterocycles. The molecule has 3 aliphatic rings. The first-order valence-corrected chi connectivity index (χ1v) is 11.7. The number of halogens is 3. The molecular formula is C23H27F3N6O3. The smallest absolute Gasteiger partial charge is 0.406 e. The normalized spacial score (nSPS) is 22.5. The van der Waals surface area contributed by atoms with E-state index in [9.17, 15) is 22.8 Å². The van der Waals surface area contributed by atoms with Crippen molar-refractivity contribution in [2.45, 2.75) is 51.2 Å². The lowest BCUT2D eigenvalue weighted by atomic mass is 10.1. The molecule has 4 heterocycles. The maximum Gasteiger partial charge on any atom is 0.573 e. The minimum absolute atomic E-state index is 0.00417. The number of nitrogens with one attached hydrogen (secondary N) is 2. The van der Waals surface area contributed by atoms with Crippen LogP contribution in [-0.4, -0.2) is 81.5 Å². The fraction of sp³-hybridized carbons (Fsp3) is 0.522. The van der Waals surface area contributed by atoms with Gasteiger partial charge in [-0.3, -0.25) is 14.8 Å². The van der Waals surface area contributed by atoms with Crippen LogP contribution < -0.4 is 10.1 Å². The van der Waals surface area contributed by atoms with E-state index < -0.39 is 18.0 Å². The number of piperazine rings is 1. The highest BCUT2D eigenvalue weighted by molar-refractivity contribution is 6.04. The van der Waals surface area contributed by atoms with Gasteiger partial charge < -0.3 is 19.9 Å². The number of aromatic nitrogens is 2. The number of urea groups is 1. The molecule has 1 aromatic carbocycles. The SMILES string of the molecule is C[C@H]1CN2CCC[C@H]2CN1C(=O)N1CCc2[nH]nc(NC(=O)c3cccc(OC(F)(F)F)c3)c2C1. The second-order valence-electron chi connectivity index (χ2n) is 9.31. The van der Waals surface area contributed by atoms with Crippen LogP contribution in [0.3, 0.4) is 0 Å². The number of anilines is 1. The number of H-pyrrole nitrogens is 1. The van der Waals surface area contributed by atoms with Gasteiger partial charge in [0.1, 0.15) is 5.75 Å². The van der Waals surface area contributed by atoms with E-state index in [-0.39, 0.29) is 30.0 Å².